The van der Waals surface area contributed by atoms with E-state index in [1.165, 1.54) is 19.3 Å². The predicted octanol–water partition coefficient (Wildman–Crippen LogP) is 2.38. The van der Waals surface area contributed by atoms with Crippen LogP contribution in [0.3, 0.4) is 0 Å². The van der Waals surface area contributed by atoms with Gasteiger partial charge in [-0.2, -0.15) is 0 Å². The average molecular weight is 259 g/mol. The second kappa shape index (κ2) is 4.83. The summed E-state index contributed by atoms with van der Waals surface area (Å²) in [5, 5.41) is 0. The quantitative estimate of drug-likeness (QED) is 0.842. The number of nitrogen functional groups attached to an aromatic ring is 1. The van der Waals surface area contributed by atoms with Gasteiger partial charge in [0.1, 0.15) is 0 Å². The second-order valence-corrected chi connectivity index (χ2v) is 5.81. The highest BCUT2D eigenvalue weighted by Crippen LogP contribution is 2.37. The Morgan fingerprint density at radius 3 is 2.95 bits per heavy atom. The molecular weight excluding hydrogens is 238 g/mol. The fourth-order valence-electron chi connectivity index (χ4n) is 3.62. The Labute approximate surface area is 114 Å². The third kappa shape index (κ3) is 2.20. The highest BCUT2D eigenvalue weighted by molar-refractivity contribution is 5.99. The number of likely N-dealkylation sites (tertiary alicyclic amines) is 1. The summed E-state index contributed by atoms with van der Waals surface area (Å²) in [6.07, 6.45) is 7.69. The average Bonchev–Trinajstić information content (AvgIpc) is 2.86. The number of piperidine rings is 1. The van der Waals surface area contributed by atoms with E-state index in [1.54, 1.807) is 12.3 Å². The minimum Gasteiger partial charge on any atom is -0.398 e. The van der Waals surface area contributed by atoms with Gasteiger partial charge in [-0.1, -0.05) is 6.42 Å². The molecule has 102 valence electrons. The fraction of sp³-hybridized carbons (Fsp3) is 0.600. The molecule has 1 saturated carbocycles. The van der Waals surface area contributed by atoms with Gasteiger partial charge in [-0.3, -0.25) is 9.78 Å². The molecule has 2 heterocycles. The summed E-state index contributed by atoms with van der Waals surface area (Å²) in [7, 11) is 0. The van der Waals surface area contributed by atoms with Crippen LogP contribution >= 0.6 is 0 Å². The zero-order valence-corrected chi connectivity index (χ0v) is 11.4. The van der Waals surface area contributed by atoms with E-state index in [1.807, 2.05) is 11.8 Å². The molecule has 1 aliphatic carbocycles. The molecule has 3 rings (SSSR count). The van der Waals surface area contributed by atoms with Crippen LogP contribution < -0.4 is 5.73 Å². The first-order chi connectivity index (χ1) is 9.16. The molecule has 1 aliphatic heterocycles. The molecule has 1 amide bonds. The van der Waals surface area contributed by atoms with Gasteiger partial charge in [0.2, 0.25) is 0 Å². The van der Waals surface area contributed by atoms with E-state index in [0.29, 0.717) is 23.2 Å². The molecule has 1 aromatic heterocycles. The van der Waals surface area contributed by atoms with Crippen molar-refractivity contribution in [2.24, 2.45) is 5.92 Å². The Morgan fingerprint density at radius 1 is 1.37 bits per heavy atom. The standard InChI is InChI=1S/C15H21N3O/c1-10-8-13(16)12(9-17-10)15(19)18-7-3-5-11-4-2-6-14(11)18/h8-9,11,14H,2-7H2,1H3,(H2,16,17). The van der Waals surface area contributed by atoms with Crippen molar-refractivity contribution in [3.63, 3.8) is 0 Å². The molecule has 2 atom stereocenters. The lowest BCUT2D eigenvalue weighted by atomic mass is 9.91. The maximum atomic E-state index is 12.7. The van der Waals surface area contributed by atoms with Crippen LogP contribution in [0.2, 0.25) is 0 Å². The molecule has 1 aromatic rings. The van der Waals surface area contributed by atoms with E-state index in [0.717, 1.165) is 25.1 Å². The van der Waals surface area contributed by atoms with Crippen molar-refractivity contribution in [3.8, 4) is 0 Å². The van der Waals surface area contributed by atoms with Gasteiger partial charge in [-0.05, 0) is 44.6 Å². The number of rotatable bonds is 1. The van der Waals surface area contributed by atoms with Crippen LogP contribution in [0.5, 0.6) is 0 Å². The molecular formula is C15H21N3O. The van der Waals surface area contributed by atoms with E-state index in [2.05, 4.69) is 4.98 Å². The van der Waals surface area contributed by atoms with Crippen molar-refractivity contribution >= 4 is 11.6 Å². The third-order valence-corrected chi connectivity index (χ3v) is 4.56. The van der Waals surface area contributed by atoms with Crippen molar-refractivity contribution < 1.29 is 4.79 Å². The van der Waals surface area contributed by atoms with Crippen LogP contribution in [0, 0.1) is 12.8 Å². The SMILES string of the molecule is Cc1cc(N)c(C(=O)N2CCCC3CCCC32)cn1. The normalized spacial score (nSPS) is 26.3. The summed E-state index contributed by atoms with van der Waals surface area (Å²) in [4.78, 5) is 18.9. The smallest absolute Gasteiger partial charge is 0.257 e. The van der Waals surface area contributed by atoms with Gasteiger partial charge in [0.25, 0.3) is 5.91 Å². The lowest BCUT2D eigenvalue weighted by Gasteiger charge is -2.38. The molecule has 2 unspecified atom stereocenters. The first kappa shape index (κ1) is 12.5. The highest BCUT2D eigenvalue weighted by Gasteiger charge is 2.37. The van der Waals surface area contributed by atoms with Crippen LogP contribution in [-0.4, -0.2) is 28.4 Å². The van der Waals surface area contributed by atoms with Gasteiger partial charge in [0, 0.05) is 30.2 Å². The summed E-state index contributed by atoms with van der Waals surface area (Å²) < 4.78 is 0. The maximum Gasteiger partial charge on any atom is 0.257 e. The number of amides is 1. The number of aromatic nitrogens is 1. The first-order valence-corrected chi connectivity index (χ1v) is 7.20. The van der Waals surface area contributed by atoms with Gasteiger partial charge in [0.05, 0.1) is 5.56 Å². The van der Waals surface area contributed by atoms with Crippen molar-refractivity contribution in [2.75, 3.05) is 12.3 Å². The van der Waals surface area contributed by atoms with E-state index in [-0.39, 0.29) is 5.91 Å². The molecule has 0 spiro atoms. The Morgan fingerprint density at radius 2 is 2.16 bits per heavy atom. The number of pyridine rings is 1. The van der Waals surface area contributed by atoms with Crippen LogP contribution in [0.25, 0.3) is 0 Å². The first-order valence-electron chi connectivity index (χ1n) is 7.20. The molecule has 4 nitrogen and oxygen atoms in total. The number of hydrogen-bond acceptors (Lipinski definition) is 3. The van der Waals surface area contributed by atoms with Crippen LogP contribution in [0.4, 0.5) is 5.69 Å². The minimum absolute atomic E-state index is 0.0709. The van der Waals surface area contributed by atoms with Crippen molar-refractivity contribution in [2.45, 2.75) is 45.1 Å². The maximum absolute atomic E-state index is 12.7. The summed E-state index contributed by atoms with van der Waals surface area (Å²) in [6, 6.07) is 2.21. The highest BCUT2D eigenvalue weighted by atomic mass is 16.2. The molecule has 0 radical (unpaired) electrons. The summed E-state index contributed by atoms with van der Waals surface area (Å²) in [5.74, 6) is 0.777. The van der Waals surface area contributed by atoms with E-state index in [4.69, 9.17) is 5.73 Å². The van der Waals surface area contributed by atoms with Gasteiger partial charge < -0.3 is 10.6 Å². The number of hydrogen-bond donors (Lipinski definition) is 1. The van der Waals surface area contributed by atoms with Gasteiger partial charge in [-0.15, -0.1) is 0 Å². The lowest BCUT2D eigenvalue weighted by Crippen LogP contribution is -2.46. The Balaban J connectivity index is 1.86. The monoisotopic (exact) mass is 259 g/mol. The summed E-state index contributed by atoms with van der Waals surface area (Å²) in [5.41, 5.74) is 7.95. The van der Waals surface area contributed by atoms with Gasteiger partial charge >= 0.3 is 0 Å². The third-order valence-electron chi connectivity index (χ3n) is 4.56. The Hall–Kier alpha value is -1.58. The molecule has 19 heavy (non-hydrogen) atoms. The number of aryl methyl sites for hydroxylation is 1. The number of anilines is 1. The molecule has 4 heteroatoms. The number of nitrogens with zero attached hydrogens (tertiary/aromatic N) is 2. The van der Waals surface area contributed by atoms with Crippen molar-refractivity contribution in [3.05, 3.63) is 23.5 Å². The number of nitrogens with two attached hydrogens (primary N) is 1. The van der Waals surface area contributed by atoms with E-state index in [9.17, 15) is 4.79 Å². The summed E-state index contributed by atoms with van der Waals surface area (Å²) in [6.45, 7) is 2.76. The second-order valence-electron chi connectivity index (χ2n) is 5.81. The van der Waals surface area contributed by atoms with Crippen molar-refractivity contribution in [1.29, 1.82) is 0 Å². The van der Waals surface area contributed by atoms with Crippen LogP contribution in [-0.2, 0) is 0 Å². The Bertz CT molecular complexity index is 500. The van der Waals surface area contributed by atoms with Crippen LogP contribution in [0.15, 0.2) is 12.3 Å². The molecule has 2 N–H and O–H groups in total. The largest absolute Gasteiger partial charge is 0.398 e. The van der Waals surface area contributed by atoms with Crippen LogP contribution in [0.1, 0.15) is 48.2 Å². The van der Waals surface area contributed by atoms with Crippen molar-refractivity contribution in [1.82, 2.24) is 9.88 Å². The Kier molecular flexibility index (Phi) is 3.17. The molecule has 0 bridgehead atoms. The van der Waals surface area contributed by atoms with Gasteiger partial charge in [0.15, 0.2) is 0 Å². The zero-order valence-electron chi connectivity index (χ0n) is 11.4. The molecule has 2 aliphatic rings. The van der Waals surface area contributed by atoms with E-state index < -0.39 is 0 Å². The van der Waals surface area contributed by atoms with E-state index >= 15 is 0 Å². The number of fused-ring (bicyclic) bond motifs is 1. The fourth-order valence-corrected chi connectivity index (χ4v) is 3.62. The number of carbonyl (C=O) groups excluding carboxylic acids is 1. The summed E-state index contributed by atoms with van der Waals surface area (Å²) >= 11 is 0. The zero-order chi connectivity index (χ0) is 13.4. The molecule has 2 fully saturated rings. The minimum atomic E-state index is 0.0709. The predicted molar refractivity (Wildman–Crippen MR) is 74.8 cm³/mol. The molecule has 0 aromatic carbocycles. The lowest BCUT2D eigenvalue weighted by molar-refractivity contribution is 0.0549. The number of carbonyl (C=O) groups is 1. The topological polar surface area (TPSA) is 59.2 Å². The molecule has 1 saturated heterocycles. The van der Waals surface area contributed by atoms with Gasteiger partial charge in [-0.25, -0.2) is 0 Å².